The minimum Gasteiger partial charge on any atom is -0.294 e. The largest absolute Gasteiger partial charge is 0.294 e. The van der Waals surface area contributed by atoms with Gasteiger partial charge in [-0.1, -0.05) is 0 Å². The Morgan fingerprint density at radius 2 is 2.45 bits per heavy atom. The van der Waals surface area contributed by atoms with Crippen LogP contribution in [-0.4, -0.2) is 57.2 Å². The van der Waals surface area contributed by atoms with Gasteiger partial charge in [0.15, 0.2) is 5.13 Å². The third-order valence-corrected chi connectivity index (χ3v) is 4.80. The molecule has 1 saturated heterocycles. The Morgan fingerprint density at radius 3 is 3.18 bits per heavy atom. The van der Waals surface area contributed by atoms with E-state index in [9.17, 15) is 4.79 Å². The molecule has 0 unspecified atom stereocenters. The number of carbonyl (C=O) groups excluding carboxylic acids is 1. The smallest absolute Gasteiger partial charge is 0.242 e. The predicted octanol–water partition coefficient (Wildman–Crippen LogP) is 1.11. The van der Waals surface area contributed by atoms with Crippen LogP contribution >= 0.6 is 11.3 Å². The highest BCUT2D eigenvalue weighted by molar-refractivity contribution is 7.13. The van der Waals surface area contributed by atoms with E-state index < -0.39 is 0 Å². The standard InChI is InChI=1S/C14H20N6OS/c1-18(14-16-4-6-22-14)13(21)9-19-5-2-3-12(7-19)8-20-11-15-10-17-20/h4,6,10-12H,2-3,5,7-9H2,1H3/t12-/m0/s1. The number of anilines is 1. The number of hydrogen-bond acceptors (Lipinski definition) is 6. The first-order chi connectivity index (χ1) is 10.7. The molecule has 2 aromatic rings. The first-order valence-corrected chi connectivity index (χ1v) is 8.31. The molecule has 22 heavy (non-hydrogen) atoms. The molecule has 0 N–H and O–H groups in total. The molecule has 0 saturated carbocycles. The molecule has 0 spiro atoms. The lowest BCUT2D eigenvalue weighted by molar-refractivity contribution is -0.119. The first kappa shape index (κ1) is 15.1. The Morgan fingerprint density at radius 1 is 1.55 bits per heavy atom. The average Bonchev–Trinajstić information content (AvgIpc) is 3.20. The van der Waals surface area contributed by atoms with E-state index in [0.29, 0.717) is 12.5 Å². The summed E-state index contributed by atoms with van der Waals surface area (Å²) in [7, 11) is 1.79. The van der Waals surface area contributed by atoms with Gasteiger partial charge in [0.2, 0.25) is 5.91 Å². The van der Waals surface area contributed by atoms with Crippen molar-refractivity contribution >= 4 is 22.4 Å². The van der Waals surface area contributed by atoms with Crippen LogP contribution in [0.2, 0.25) is 0 Å². The molecule has 0 aromatic carbocycles. The molecule has 1 aliphatic heterocycles. The van der Waals surface area contributed by atoms with Crippen LogP contribution in [0.25, 0.3) is 0 Å². The lowest BCUT2D eigenvalue weighted by atomic mass is 9.98. The summed E-state index contributed by atoms with van der Waals surface area (Å²) in [5.41, 5.74) is 0. The third-order valence-electron chi connectivity index (χ3n) is 3.95. The van der Waals surface area contributed by atoms with Crippen molar-refractivity contribution in [2.24, 2.45) is 5.92 Å². The monoisotopic (exact) mass is 320 g/mol. The van der Waals surface area contributed by atoms with Crippen LogP contribution < -0.4 is 4.90 Å². The van der Waals surface area contributed by atoms with E-state index in [1.54, 1.807) is 30.8 Å². The highest BCUT2D eigenvalue weighted by Crippen LogP contribution is 2.19. The number of carbonyl (C=O) groups is 1. The molecule has 7 nitrogen and oxygen atoms in total. The van der Waals surface area contributed by atoms with E-state index in [1.807, 2.05) is 10.1 Å². The van der Waals surface area contributed by atoms with Crippen LogP contribution in [0.3, 0.4) is 0 Å². The Balaban J connectivity index is 1.52. The van der Waals surface area contributed by atoms with Crippen molar-refractivity contribution in [2.45, 2.75) is 19.4 Å². The number of hydrogen-bond donors (Lipinski definition) is 0. The van der Waals surface area contributed by atoms with E-state index in [0.717, 1.165) is 31.2 Å². The van der Waals surface area contributed by atoms with Crippen LogP contribution in [-0.2, 0) is 11.3 Å². The van der Waals surface area contributed by atoms with Crippen molar-refractivity contribution in [2.75, 3.05) is 31.6 Å². The van der Waals surface area contributed by atoms with Gasteiger partial charge in [-0.15, -0.1) is 11.3 Å². The fourth-order valence-electron chi connectivity index (χ4n) is 2.82. The maximum absolute atomic E-state index is 12.4. The molecule has 8 heteroatoms. The molecule has 1 aliphatic rings. The lowest BCUT2D eigenvalue weighted by Gasteiger charge is -2.32. The minimum atomic E-state index is 0.0938. The van der Waals surface area contributed by atoms with Gasteiger partial charge >= 0.3 is 0 Å². The fraction of sp³-hybridized carbons (Fsp3) is 0.571. The number of likely N-dealkylation sites (tertiary alicyclic amines) is 1. The molecule has 0 radical (unpaired) electrons. The van der Waals surface area contributed by atoms with Crippen LogP contribution in [0, 0.1) is 5.92 Å². The van der Waals surface area contributed by atoms with Gasteiger partial charge in [-0.2, -0.15) is 5.10 Å². The fourth-order valence-corrected chi connectivity index (χ4v) is 3.45. The molecule has 3 rings (SSSR count). The number of thiazole rings is 1. The number of aromatic nitrogens is 4. The Labute approximate surface area is 133 Å². The third kappa shape index (κ3) is 3.69. The van der Waals surface area contributed by atoms with Crippen molar-refractivity contribution in [1.29, 1.82) is 0 Å². The number of likely N-dealkylation sites (N-methyl/N-ethyl adjacent to an activating group) is 1. The zero-order valence-corrected chi connectivity index (χ0v) is 13.4. The van der Waals surface area contributed by atoms with Gasteiger partial charge in [0.25, 0.3) is 0 Å². The molecule has 3 heterocycles. The highest BCUT2D eigenvalue weighted by atomic mass is 32.1. The van der Waals surface area contributed by atoms with E-state index >= 15 is 0 Å². The van der Waals surface area contributed by atoms with Gasteiger partial charge in [0, 0.05) is 31.7 Å². The molecule has 0 bridgehead atoms. The lowest BCUT2D eigenvalue weighted by Crippen LogP contribution is -2.44. The number of rotatable bonds is 5. The van der Waals surface area contributed by atoms with Crippen molar-refractivity contribution in [1.82, 2.24) is 24.6 Å². The van der Waals surface area contributed by atoms with Gasteiger partial charge in [-0.3, -0.25) is 19.3 Å². The number of nitrogens with zero attached hydrogens (tertiary/aromatic N) is 6. The van der Waals surface area contributed by atoms with Crippen molar-refractivity contribution in [3.05, 3.63) is 24.2 Å². The van der Waals surface area contributed by atoms with Crippen molar-refractivity contribution in [3.8, 4) is 0 Å². The summed E-state index contributed by atoms with van der Waals surface area (Å²) in [6.45, 7) is 3.22. The SMILES string of the molecule is CN(C(=O)CN1CCC[C@H](Cn2cncn2)C1)c1nccs1. The van der Waals surface area contributed by atoms with Crippen LogP contribution in [0.15, 0.2) is 24.2 Å². The average molecular weight is 320 g/mol. The van der Waals surface area contributed by atoms with Gasteiger partial charge in [0.1, 0.15) is 12.7 Å². The quantitative estimate of drug-likeness (QED) is 0.825. The van der Waals surface area contributed by atoms with Crippen LogP contribution in [0.5, 0.6) is 0 Å². The van der Waals surface area contributed by atoms with Crippen molar-refractivity contribution < 1.29 is 4.79 Å². The summed E-state index contributed by atoms with van der Waals surface area (Å²) in [6.07, 6.45) is 7.33. The second-order valence-electron chi connectivity index (χ2n) is 5.63. The topological polar surface area (TPSA) is 67.2 Å². The summed E-state index contributed by atoms with van der Waals surface area (Å²) in [6, 6.07) is 0. The number of piperidine rings is 1. The summed E-state index contributed by atoms with van der Waals surface area (Å²) in [5, 5.41) is 6.80. The molecule has 1 amide bonds. The highest BCUT2D eigenvalue weighted by Gasteiger charge is 2.24. The molecule has 1 atom stereocenters. The zero-order valence-electron chi connectivity index (χ0n) is 12.6. The second-order valence-corrected chi connectivity index (χ2v) is 6.50. The van der Waals surface area contributed by atoms with Gasteiger partial charge in [0.05, 0.1) is 6.54 Å². The second kappa shape index (κ2) is 6.97. The predicted molar refractivity (Wildman–Crippen MR) is 84.7 cm³/mol. The molecule has 1 fully saturated rings. The summed E-state index contributed by atoms with van der Waals surface area (Å²) in [4.78, 5) is 24.4. The Kier molecular flexibility index (Phi) is 4.79. The van der Waals surface area contributed by atoms with Crippen molar-refractivity contribution in [3.63, 3.8) is 0 Å². The van der Waals surface area contributed by atoms with Crippen LogP contribution in [0.4, 0.5) is 5.13 Å². The van der Waals surface area contributed by atoms with Gasteiger partial charge in [-0.25, -0.2) is 9.97 Å². The number of amides is 1. The summed E-state index contributed by atoms with van der Waals surface area (Å²) >= 11 is 1.48. The van der Waals surface area contributed by atoms with E-state index in [1.165, 1.54) is 17.8 Å². The maximum Gasteiger partial charge on any atom is 0.242 e. The zero-order chi connectivity index (χ0) is 15.4. The molecule has 2 aromatic heterocycles. The van der Waals surface area contributed by atoms with E-state index in [2.05, 4.69) is 20.0 Å². The minimum absolute atomic E-state index is 0.0938. The molecule has 118 valence electrons. The normalized spacial score (nSPS) is 19.2. The molecular weight excluding hydrogens is 300 g/mol. The Bertz CT molecular complexity index is 585. The maximum atomic E-state index is 12.4. The molecular formula is C14H20N6OS. The van der Waals surface area contributed by atoms with Crippen LogP contribution in [0.1, 0.15) is 12.8 Å². The van der Waals surface area contributed by atoms with E-state index in [4.69, 9.17) is 0 Å². The Hall–Kier alpha value is -1.80. The first-order valence-electron chi connectivity index (χ1n) is 7.43. The molecule has 0 aliphatic carbocycles. The van der Waals surface area contributed by atoms with E-state index in [-0.39, 0.29) is 5.91 Å². The summed E-state index contributed by atoms with van der Waals surface area (Å²) in [5.74, 6) is 0.616. The van der Waals surface area contributed by atoms with Gasteiger partial charge < -0.3 is 0 Å². The van der Waals surface area contributed by atoms with Gasteiger partial charge in [-0.05, 0) is 25.3 Å². The summed E-state index contributed by atoms with van der Waals surface area (Å²) < 4.78 is 1.87.